The third kappa shape index (κ3) is 4.38. The smallest absolute Gasteiger partial charge is 0.262 e. The molecule has 0 aliphatic carbocycles. The van der Waals surface area contributed by atoms with Gasteiger partial charge in [0.15, 0.2) is 6.61 Å². The summed E-state index contributed by atoms with van der Waals surface area (Å²) in [5.41, 5.74) is 3.53. The monoisotopic (exact) mass is 370 g/mol. The fourth-order valence-electron chi connectivity index (χ4n) is 2.74. The summed E-state index contributed by atoms with van der Waals surface area (Å²) in [4.78, 5) is 24.7. The van der Waals surface area contributed by atoms with Gasteiger partial charge in [-0.1, -0.05) is 26.0 Å². The lowest BCUT2D eigenvalue weighted by molar-refractivity contribution is -0.118. The van der Waals surface area contributed by atoms with Gasteiger partial charge in [-0.25, -0.2) is 0 Å². The van der Waals surface area contributed by atoms with Gasteiger partial charge in [-0.05, 0) is 48.2 Å². The third-order valence-electron chi connectivity index (χ3n) is 4.05. The molecule has 0 aromatic heterocycles. The van der Waals surface area contributed by atoms with E-state index >= 15 is 0 Å². The van der Waals surface area contributed by atoms with E-state index in [-0.39, 0.29) is 18.4 Å². The van der Waals surface area contributed by atoms with Gasteiger partial charge in [-0.2, -0.15) is 0 Å². The van der Waals surface area contributed by atoms with Crippen molar-refractivity contribution < 1.29 is 14.3 Å². The standard InChI is InChI=1S/C20H22N2O3S/c1-12(2)15-6-4-13(3)8-17(15)25-10-19(23)21-14-5-7-18-16(9-14)22-20(24)11-26-18/h4-9,12H,10-11H2,1-3H3,(H,21,23)(H,22,24). The molecule has 0 atom stereocenters. The van der Waals surface area contributed by atoms with E-state index in [0.29, 0.717) is 17.4 Å². The number of benzene rings is 2. The second kappa shape index (κ2) is 7.83. The highest BCUT2D eigenvalue weighted by Crippen LogP contribution is 2.33. The molecule has 0 unspecified atom stereocenters. The molecule has 2 aromatic carbocycles. The SMILES string of the molecule is Cc1ccc(C(C)C)c(OCC(=O)Nc2ccc3c(c2)NC(=O)CS3)c1. The Balaban J connectivity index is 1.64. The maximum Gasteiger partial charge on any atom is 0.262 e. The summed E-state index contributed by atoms with van der Waals surface area (Å²) in [6.45, 7) is 6.12. The van der Waals surface area contributed by atoms with Crippen LogP contribution in [0, 0.1) is 6.92 Å². The Morgan fingerprint density at radius 1 is 1.27 bits per heavy atom. The first-order chi connectivity index (χ1) is 12.4. The maximum atomic E-state index is 12.3. The normalized spacial score (nSPS) is 13.2. The number of anilines is 2. The molecule has 0 saturated carbocycles. The van der Waals surface area contributed by atoms with Crippen LogP contribution in [-0.4, -0.2) is 24.2 Å². The van der Waals surface area contributed by atoms with E-state index in [9.17, 15) is 9.59 Å². The predicted octanol–water partition coefficient (Wildman–Crippen LogP) is 4.18. The minimum Gasteiger partial charge on any atom is -0.483 e. The molecule has 0 saturated heterocycles. The molecule has 26 heavy (non-hydrogen) atoms. The van der Waals surface area contributed by atoms with Crippen LogP contribution in [0.5, 0.6) is 5.75 Å². The number of nitrogens with one attached hydrogen (secondary N) is 2. The molecule has 6 heteroatoms. The number of aryl methyl sites for hydroxylation is 1. The van der Waals surface area contributed by atoms with Crippen LogP contribution in [-0.2, 0) is 9.59 Å². The van der Waals surface area contributed by atoms with Crippen LogP contribution in [0.25, 0.3) is 0 Å². The Kier molecular flexibility index (Phi) is 5.52. The molecule has 3 rings (SSSR count). The van der Waals surface area contributed by atoms with E-state index in [2.05, 4.69) is 24.5 Å². The predicted molar refractivity (Wildman–Crippen MR) is 105 cm³/mol. The molecular weight excluding hydrogens is 348 g/mol. The highest BCUT2D eigenvalue weighted by atomic mass is 32.2. The number of ether oxygens (including phenoxy) is 1. The molecule has 2 N–H and O–H groups in total. The van der Waals surface area contributed by atoms with Crippen molar-refractivity contribution >= 4 is 35.0 Å². The number of carbonyl (C=O) groups excluding carboxylic acids is 2. The van der Waals surface area contributed by atoms with Crippen LogP contribution in [0.1, 0.15) is 30.9 Å². The van der Waals surface area contributed by atoms with Gasteiger partial charge in [-0.15, -0.1) is 11.8 Å². The average molecular weight is 370 g/mol. The van der Waals surface area contributed by atoms with Gasteiger partial charge in [0.1, 0.15) is 5.75 Å². The topological polar surface area (TPSA) is 67.4 Å². The number of thioether (sulfide) groups is 1. The van der Waals surface area contributed by atoms with Crippen molar-refractivity contribution in [1.82, 2.24) is 0 Å². The molecule has 0 fully saturated rings. The Morgan fingerprint density at radius 3 is 2.85 bits per heavy atom. The van der Waals surface area contributed by atoms with E-state index in [1.54, 1.807) is 6.07 Å². The van der Waals surface area contributed by atoms with Crippen molar-refractivity contribution in [2.24, 2.45) is 0 Å². The number of rotatable bonds is 5. The zero-order chi connectivity index (χ0) is 18.7. The van der Waals surface area contributed by atoms with Gasteiger partial charge in [0, 0.05) is 10.6 Å². The second-order valence-electron chi connectivity index (χ2n) is 6.58. The van der Waals surface area contributed by atoms with Gasteiger partial charge in [0.05, 0.1) is 11.4 Å². The van der Waals surface area contributed by atoms with E-state index in [1.165, 1.54) is 11.8 Å². The maximum absolute atomic E-state index is 12.3. The van der Waals surface area contributed by atoms with Gasteiger partial charge in [-0.3, -0.25) is 9.59 Å². The highest BCUT2D eigenvalue weighted by molar-refractivity contribution is 8.00. The van der Waals surface area contributed by atoms with Gasteiger partial charge in [0.25, 0.3) is 5.91 Å². The first-order valence-corrected chi connectivity index (χ1v) is 9.51. The van der Waals surface area contributed by atoms with Crippen LogP contribution in [0.2, 0.25) is 0 Å². The number of hydrogen-bond acceptors (Lipinski definition) is 4. The number of carbonyl (C=O) groups is 2. The minimum absolute atomic E-state index is 0.0324. The van der Waals surface area contributed by atoms with E-state index in [1.807, 2.05) is 37.3 Å². The quantitative estimate of drug-likeness (QED) is 0.828. The molecule has 0 bridgehead atoms. The van der Waals surface area contributed by atoms with E-state index in [4.69, 9.17) is 4.74 Å². The number of amides is 2. The molecule has 2 aromatic rings. The first kappa shape index (κ1) is 18.3. The van der Waals surface area contributed by atoms with Crippen molar-refractivity contribution in [3.8, 4) is 5.75 Å². The highest BCUT2D eigenvalue weighted by Gasteiger charge is 2.16. The van der Waals surface area contributed by atoms with Crippen LogP contribution in [0.3, 0.4) is 0 Å². The molecular formula is C20H22N2O3S. The summed E-state index contributed by atoms with van der Waals surface area (Å²) in [5, 5.41) is 5.63. The molecule has 136 valence electrons. The molecule has 1 aliphatic heterocycles. The summed E-state index contributed by atoms with van der Waals surface area (Å²) in [5.74, 6) is 1.20. The zero-order valence-electron chi connectivity index (χ0n) is 15.1. The number of hydrogen-bond donors (Lipinski definition) is 2. The minimum atomic E-state index is -0.240. The van der Waals surface area contributed by atoms with Crippen molar-refractivity contribution in [3.05, 3.63) is 47.5 Å². The Morgan fingerprint density at radius 2 is 2.08 bits per heavy atom. The summed E-state index contributed by atoms with van der Waals surface area (Å²) in [6, 6.07) is 11.5. The molecule has 1 aliphatic rings. The Bertz CT molecular complexity index is 849. The van der Waals surface area contributed by atoms with Crippen LogP contribution >= 0.6 is 11.8 Å². The third-order valence-corrected chi connectivity index (χ3v) is 5.12. The van der Waals surface area contributed by atoms with Crippen molar-refractivity contribution in [2.75, 3.05) is 23.0 Å². The first-order valence-electron chi connectivity index (χ1n) is 8.52. The van der Waals surface area contributed by atoms with Crippen molar-refractivity contribution in [1.29, 1.82) is 0 Å². The largest absolute Gasteiger partial charge is 0.483 e. The second-order valence-corrected chi connectivity index (χ2v) is 7.60. The summed E-state index contributed by atoms with van der Waals surface area (Å²) < 4.78 is 5.76. The summed E-state index contributed by atoms with van der Waals surface area (Å²) in [7, 11) is 0. The van der Waals surface area contributed by atoms with Gasteiger partial charge >= 0.3 is 0 Å². The number of fused-ring (bicyclic) bond motifs is 1. The Labute approximate surface area is 157 Å². The van der Waals surface area contributed by atoms with Gasteiger partial charge < -0.3 is 15.4 Å². The lowest BCUT2D eigenvalue weighted by atomic mass is 10.0. The lowest BCUT2D eigenvalue weighted by Gasteiger charge is -2.17. The fourth-order valence-corrected chi connectivity index (χ4v) is 3.53. The molecule has 1 heterocycles. The molecule has 2 amide bonds. The summed E-state index contributed by atoms with van der Waals surface area (Å²) in [6.07, 6.45) is 0. The van der Waals surface area contributed by atoms with Crippen LogP contribution in [0.4, 0.5) is 11.4 Å². The van der Waals surface area contributed by atoms with Crippen LogP contribution < -0.4 is 15.4 Å². The van der Waals surface area contributed by atoms with Crippen molar-refractivity contribution in [3.63, 3.8) is 0 Å². The van der Waals surface area contributed by atoms with Crippen molar-refractivity contribution in [2.45, 2.75) is 31.6 Å². The molecule has 5 nitrogen and oxygen atoms in total. The molecule has 0 radical (unpaired) electrons. The molecule has 0 spiro atoms. The van der Waals surface area contributed by atoms with Crippen LogP contribution in [0.15, 0.2) is 41.3 Å². The fraction of sp³-hybridized carbons (Fsp3) is 0.300. The van der Waals surface area contributed by atoms with Gasteiger partial charge in [0.2, 0.25) is 5.91 Å². The summed E-state index contributed by atoms with van der Waals surface area (Å²) >= 11 is 1.49. The van der Waals surface area contributed by atoms with E-state index in [0.717, 1.165) is 27.5 Å². The Hall–Kier alpha value is -2.47. The zero-order valence-corrected chi connectivity index (χ0v) is 15.9. The average Bonchev–Trinajstić information content (AvgIpc) is 2.59. The van der Waals surface area contributed by atoms with E-state index < -0.39 is 0 Å². The lowest BCUT2D eigenvalue weighted by Crippen LogP contribution is -2.22.